The summed E-state index contributed by atoms with van der Waals surface area (Å²) < 4.78 is 15.4. The van der Waals surface area contributed by atoms with Gasteiger partial charge < -0.3 is 10.0 Å². The van der Waals surface area contributed by atoms with Crippen molar-refractivity contribution >= 4 is 34.9 Å². The van der Waals surface area contributed by atoms with Gasteiger partial charge in [0, 0.05) is 36.1 Å². The summed E-state index contributed by atoms with van der Waals surface area (Å²) in [5, 5.41) is 15.9. The summed E-state index contributed by atoms with van der Waals surface area (Å²) in [7, 11) is 0. The van der Waals surface area contributed by atoms with Gasteiger partial charge in [0.1, 0.15) is 11.6 Å². The summed E-state index contributed by atoms with van der Waals surface area (Å²) in [6.07, 6.45) is 6.38. The number of Topliss-reactive ketones (excluding diaryl/α,β-unsaturated/α-hetero) is 1. The third kappa shape index (κ3) is 6.20. The van der Waals surface area contributed by atoms with Gasteiger partial charge in [0.15, 0.2) is 0 Å². The first-order chi connectivity index (χ1) is 17.7. The van der Waals surface area contributed by atoms with Crippen molar-refractivity contribution in [3.05, 3.63) is 81.1 Å². The molecule has 7 nitrogen and oxygen atoms in total. The van der Waals surface area contributed by atoms with Gasteiger partial charge in [-0.3, -0.25) is 19.3 Å². The lowest BCUT2D eigenvalue weighted by molar-refractivity contribution is -0.121. The van der Waals surface area contributed by atoms with Gasteiger partial charge in [-0.15, -0.1) is 0 Å². The van der Waals surface area contributed by atoms with Crippen LogP contribution in [-0.4, -0.2) is 43.0 Å². The number of aliphatic hydroxyl groups excluding tert-OH is 1. The smallest absolute Gasteiger partial charge is 0.257 e. The zero-order valence-corrected chi connectivity index (χ0v) is 22.2. The molecule has 37 heavy (non-hydrogen) atoms. The van der Waals surface area contributed by atoms with E-state index in [0.29, 0.717) is 11.1 Å². The Morgan fingerprint density at radius 3 is 2.32 bits per heavy atom. The van der Waals surface area contributed by atoms with Gasteiger partial charge >= 0.3 is 0 Å². The maximum Gasteiger partial charge on any atom is 0.257 e. The Morgan fingerprint density at radius 1 is 1.11 bits per heavy atom. The molecule has 0 spiro atoms. The molecule has 2 aromatic heterocycles. The standard InChI is InChI=1S/C27H29Cl2FN4O3/c1-16-22(11-32-34(16)21-9-5-19(6-10-21)17(2)35)27(37)33(14-18-3-7-20(30)8-4-18)15-25(36)26-23(28)12-31-13-24(26)29/h3-4,7-8,11-13,19,21,25,36H,5-6,9-10,14-15H2,1-2H3/t19-,21-,25?. The predicted molar refractivity (Wildman–Crippen MR) is 139 cm³/mol. The second-order valence-electron chi connectivity index (χ2n) is 9.55. The number of carbonyl (C=O) groups excluding carboxylic acids is 2. The molecule has 4 rings (SSSR count). The summed E-state index contributed by atoms with van der Waals surface area (Å²) in [6.45, 7) is 3.51. The molecule has 3 aromatic rings. The van der Waals surface area contributed by atoms with Crippen molar-refractivity contribution in [2.45, 2.75) is 58.2 Å². The van der Waals surface area contributed by atoms with Gasteiger partial charge in [-0.25, -0.2) is 4.39 Å². The van der Waals surface area contributed by atoms with Crippen molar-refractivity contribution in [3.63, 3.8) is 0 Å². The van der Waals surface area contributed by atoms with E-state index in [1.807, 2.05) is 11.6 Å². The Balaban J connectivity index is 1.59. The van der Waals surface area contributed by atoms with E-state index in [9.17, 15) is 19.1 Å². The number of aliphatic hydroxyl groups is 1. The molecule has 1 atom stereocenters. The number of carbonyl (C=O) groups is 2. The molecule has 0 bridgehead atoms. The Kier molecular flexibility index (Phi) is 8.62. The lowest BCUT2D eigenvalue weighted by Gasteiger charge is -2.28. The van der Waals surface area contributed by atoms with E-state index >= 15 is 0 Å². The van der Waals surface area contributed by atoms with Gasteiger partial charge in [0.05, 0.1) is 40.5 Å². The molecule has 1 aliphatic rings. The second kappa shape index (κ2) is 11.7. The summed E-state index contributed by atoms with van der Waals surface area (Å²) in [5.74, 6) is -0.400. The highest BCUT2D eigenvalue weighted by Crippen LogP contribution is 2.34. The van der Waals surface area contributed by atoms with Crippen LogP contribution in [-0.2, 0) is 11.3 Å². The van der Waals surface area contributed by atoms with Gasteiger partial charge in [0.25, 0.3) is 5.91 Å². The number of amides is 1. The number of hydrogen-bond acceptors (Lipinski definition) is 5. The zero-order valence-electron chi connectivity index (χ0n) is 20.7. The highest BCUT2D eigenvalue weighted by atomic mass is 35.5. The van der Waals surface area contributed by atoms with E-state index in [-0.39, 0.29) is 58.2 Å². The van der Waals surface area contributed by atoms with Crippen LogP contribution in [0.1, 0.15) is 71.9 Å². The first-order valence-corrected chi connectivity index (χ1v) is 13.0. The van der Waals surface area contributed by atoms with Gasteiger partial charge in [0.2, 0.25) is 0 Å². The maximum absolute atomic E-state index is 13.8. The Hall–Kier alpha value is -2.81. The van der Waals surface area contributed by atoms with Crippen LogP contribution < -0.4 is 0 Å². The van der Waals surface area contributed by atoms with Crippen molar-refractivity contribution in [1.82, 2.24) is 19.7 Å². The molecular formula is C27H29Cl2FN4O3. The molecule has 1 saturated carbocycles. The molecular weight excluding hydrogens is 518 g/mol. The molecule has 10 heteroatoms. The molecule has 1 fully saturated rings. The summed E-state index contributed by atoms with van der Waals surface area (Å²) in [4.78, 5) is 30.9. The molecule has 1 aromatic carbocycles. The minimum Gasteiger partial charge on any atom is -0.386 e. The van der Waals surface area contributed by atoms with E-state index in [0.717, 1.165) is 31.4 Å². The number of benzene rings is 1. The number of hydrogen-bond donors (Lipinski definition) is 1. The van der Waals surface area contributed by atoms with Crippen LogP contribution in [0.5, 0.6) is 0 Å². The molecule has 0 radical (unpaired) electrons. The molecule has 2 heterocycles. The van der Waals surface area contributed by atoms with E-state index < -0.39 is 6.10 Å². The fourth-order valence-electron chi connectivity index (χ4n) is 4.97. The third-order valence-electron chi connectivity index (χ3n) is 7.08. The average molecular weight is 547 g/mol. The van der Waals surface area contributed by atoms with Gasteiger partial charge in [-0.1, -0.05) is 35.3 Å². The molecule has 1 N–H and O–H groups in total. The fourth-order valence-corrected chi connectivity index (χ4v) is 5.58. The minimum atomic E-state index is -1.18. The van der Waals surface area contributed by atoms with Crippen molar-refractivity contribution in [1.29, 1.82) is 0 Å². The molecule has 196 valence electrons. The number of nitrogens with zero attached hydrogens (tertiary/aromatic N) is 4. The fraction of sp³-hybridized carbons (Fsp3) is 0.407. The topological polar surface area (TPSA) is 88.3 Å². The van der Waals surface area contributed by atoms with Crippen LogP contribution in [0, 0.1) is 18.7 Å². The second-order valence-corrected chi connectivity index (χ2v) is 10.4. The van der Waals surface area contributed by atoms with Crippen molar-refractivity contribution in [3.8, 4) is 0 Å². The van der Waals surface area contributed by atoms with Gasteiger partial charge in [-0.05, 0) is 57.2 Å². The third-order valence-corrected chi connectivity index (χ3v) is 7.69. The van der Waals surface area contributed by atoms with Crippen LogP contribution in [0.25, 0.3) is 0 Å². The summed E-state index contributed by atoms with van der Waals surface area (Å²) >= 11 is 12.5. The Labute approximate surface area is 225 Å². The molecule has 0 saturated heterocycles. The summed E-state index contributed by atoms with van der Waals surface area (Å²) in [5.41, 5.74) is 2.11. The van der Waals surface area contributed by atoms with Gasteiger partial charge in [-0.2, -0.15) is 5.10 Å². The van der Waals surface area contributed by atoms with Crippen LogP contribution in [0.4, 0.5) is 4.39 Å². The predicted octanol–water partition coefficient (Wildman–Crippen LogP) is 5.73. The molecule has 1 amide bonds. The van der Waals surface area contributed by atoms with Crippen molar-refractivity contribution < 1.29 is 19.1 Å². The highest BCUT2D eigenvalue weighted by molar-refractivity contribution is 6.35. The van der Waals surface area contributed by atoms with Crippen molar-refractivity contribution in [2.24, 2.45) is 5.92 Å². The average Bonchev–Trinajstić information content (AvgIpc) is 3.25. The summed E-state index contributed by atoms with van der Waals surface area (Å²) in [6, 6.07) is 5.95. The lowest BCUT2D eigenvalue weighted by atomic mass is 9.84. The van der Waals surface area contributed by atoms with Crippen molar-refractivity contribution in [2.75, 3.05) is 6.54 Å². The maximum atomic E-state index is 13.8. The number of aromatic nitrogens is 3. The number of halogens is 3. The molecule has 1 unspecified atom stereocenters. The SMILES string of the molecule is Cc1c(C(=O)N(Cc2ccc(F)cc2)CC(O)c2c(Cl)cncc2Cl)cnn1[C@H]1CC[C@H](C(C)=O)CC1. The van der Waals surface area contributed by atoms with Crippen LogP contribution in [0.2, 0.25) is 10.0 Å². The monoisotopic (exact) mass is 546 g/mol. The normalized spacial score (nSPS) is 18.4. The Morgan fingerprint density at radius 2 is 1.73 bits per heavy atom. The first kappa shape index (κ1) is 27.2. The van der Waals surface area contributed by atoms with Crippen LogP contribution >= 0.6 is 23.2 Å². The van der Waals surface area contributed by atoms with Crippen LogP contribution in [0.15, 0.2) is 42.9 Å². The van der Waals surface area contributed by atoms with E-state index in [4.69, 9.17) is 23.2 Å². The molecule has 0 aliphatic heterocycles. The molecule has 1 aliphatic carbocycles. The van der Waals surface area contributed by atoms with E-state index in [1.54, 1.807) is 25.3 Å². The number of ketones is 1. The van der Waals surface area contributed by atoms with E-state index in [1.165, 1.54) is 29.4 Å². The zero-order chi connectivity index (χ0) is 26.7. The van der Waals surface area contributed by atoms with Crippen LogP contribution in [0.3, 0.4) is 0 Å². The quantitative estimate of drug-likeness (QED) is 0.389. The number of pyridine rings is 1. The van der Waals surface area contributed by atoms with E-state index in [2.05, 4.69) is 10.1 Å². The highest BCUT2D eigenvalue weighted by Gasteiger charge is 2.30. The number of rotatable bonds is 8. The minimum absolute atomic E-state index is 0.0905. The first-order valence-electron chi connectivity index (χ1n) is 12.2. The largest absolute Gasteiger partial charge is 0.386 e. The lowest BCUT2D eigenvalue weighted by Crippen LogP contribution is -2.35. The Bertz CT molecular complexity index is 1250.